The minimum atomic E-state index is -5.35. The SMILES string of the molecule is FC(F)COc1ccc2ccccc2c1[B-](F)(F)F.[K+]. The third-order valence-electron chi connectivity index (χ3n) is 2.62. The van der Waals surface area contributed by atoms with E-state index in [4.69, 9.17) is 0 Å². The van der Waals surface area contributed by atoms with Crippen molar-refractivity contribution in [1.29, 1.82) is 0 Å². The number of ether oxygens (including phenoxy) is 1. The van der Waals surface area contributed by atoms with Gasteiger partial charge in [0.2, 0.25) is 0 Å². The average molecular weight is 314 g/mol. The second kappa shape index (κ2) is 7.22. The van der Waals surface area contributed by atoms with Crippen LogP contribution in [0.25, 0.3) is 10.8 Å². The van der Waals surface area contributed by atoms with Crippen molar-refractivity contribution in [2.75, 3.05) is 6.61 Å². The summed E-state index contributed by atoms with van der Waals surface area (Å²) >= 11 is 0. The molecular weight excluding hydrogens is 305 g/mol. The van der Waals surface area contributed by atoms with Crippen molar-refractivity contribution >= 4 is 23.2 Å². The molecule has 0 saturated carbocycles. The van der Waals surface area contributed by atoms with Gasteiger partial charge in [0, 0.05) is 0 Å². The Kier molecular flexibility index (Phi) is 6.46. The van der Waals surface area contributed by atoms with Gasteiger partial charge < -0.3 is 17.7 Å². The third kappa shape index (κ3) is 4.17. The van der Waals surface area contributed by atoms with Crippen LogP contribution in [0.5, 0.6) is 5.75 Å². The first kappa shape index (κ1) is 17.9. The van der Waals surface area contributed by atoms with Crippen LogP contribution < -0.4 is 61.6 Å². The first-order valence-corrected chi connectivity index (χ1v) is 5.52. The molecule has 102 valence electrons. The van der Waals surface area contributed by atoms with Crippen LogP contribution in [0.4, 0.5) is 21.7 Å². The molecule has 2 aromatic carbocycles. The predicted octanol–water partition coefficient (Wildman–Crippen LogP) is 0.542. The summed E-state index contributed by atoms with van der Waals surface area (Å²) in [6, 6.07) is 8.39. The predicted molar refractivity (Wildman–Crippen MR) is 64.2 cm³/mol. The Morgan fingerprint density at radius 2 is 1.65 bits per heavy atom. The summed E-state index contributed by atoms with van der Waals surface area (Å²) in [7, 11) is 0. The van der Waals surface area contributed by atoms with Crippen LogP contribution in [0, 0.1) is 0 Å². The number of halogens is 5. The molecule has 0 N–H and O–H groups in total. The number of hydrogen-bond donors (Lipinski definition) is 0. The third-order valence-corrected chi connectivity index (χ3v) is 2.62. The Hall–Kier alpha value is -0.149. The number of alkyl halides is 2. The maximum atomic E-state index is 13.1. The van der Waals surface area contributed by atoms with Crippen LogP contribution in [0.3, 0.4) is 0 Å². The maximum Gasteiger partial charge on any atom is 1.00 e. The van der Waals surface area contributed by atoms with Crippen LogP contribution in [0.1, 0.15) is 0 Å². The van der Waals surface area contributed by atoms with E-state index in [0.29, 0.717) is 5.39 Å². The van der Waals surface area contributed by atoms with Crippen molar-refractivity contribution in [2.24, 2.45) is 0 Å². The van der Waals surface area contributed by atoms with E-state index in [2.05, 4.69) is 4.74 Å². The molecule has 1 nitrogen and oxygen atoms in total. The molecule has 0 spiro atoms. The number of rotatable bonds is 4. The van der Waals surface area contributed by atoms with Gasteiger partial charge in [0.15, 0.2) is 0 Å². The molecule has 0 bridgehead atoms. The molecule has 8 heteroatoms. The summed E-state index contributed by atoms with van der Waals surface area (Å²) in [6.07, 6.45) is -2.82. The Morgan fingerprint density at radius 1 is 1.00 bits per heavy atom. The molecule has 0 amide bonds. The molecule has 0 saturated heterocycles. The minimum absolute atomic E-state index is 0. The van der Waals surface area contributed by atoms with Crippen molar-refractivity contribution in [3.05, 3.63) is 36.4 Å². The van der Waals surface area contributed by atoms with Gasteiger partial charge in [-0.1, -0.05) is 35.8 Å². The van der Waals surface area contributed by atoms with E-state index in [1.807, 2.05) is 0 Å². The zero-order valence-corrected chi connectivity index (χ0v) is 13.7. The van der Waals surface area contributed by atoms with Gasteiger partial charge >= 0.3 is 58.4 Å². The van der Waals surface area contributed by atoms with Crippen molar-refractivity contribution < 1.29 is 77.8 Å². The fourth-order valence-corrected chi connectivity index (χ4v) is 1.89. The molecule has 2 aromatic rings. The summed E-state index contributed by atoms with van der Waals surface area (Å²) in [5, 5.41) is 0.350. The zero-order chi connectivity index (χ0) is 14.0. The first-order chi connectivity index (χ1) is 8.89. The Morgan fingerprint density at radius 3 is 2.25 bits per heavy atom. The zero-order valence-electron chi connectivity index (χ0n) is 10.6. The van der Waals surface area contributed by atoms with E-state index in [1.54, 1.807) is 6.07 Å². The largest absolute Gasteiger partial charge is 1.00 e. The molecule has 0 radical (unpaired) electrons. The first-order valence-electron chi connectivity index (χ1n) is 5.52. The van der Waals surface area contributed by atoms with E-state index < -0.39 is 31.2 Å². The van der Waals surface area contributed by atoms with Gasteiger partial charge in [0.25, 0.3) is 6.43 Å². The molecule has 0 fully saturated rings. The van der Waals surface area contributed by atoms with Crippen LogP contribution in [0.2, 0.25) is 0 Å². The summed E-state index contributed by atoms with van der Waals surface area (Å²) < 4.78 is 68.0. The molecule has 0 aromatic heterocycles. The fraction of sp³-hybridized carbons (Fsp3) is 0.167. The smallest absolute Gasteiger partial charge is 0.491 e. The van der Waals surface area contributed by atoms with Crippen molar-refractivity contribution in [1.82, 2.24) is 0 Å². The van der Waals surface area contributed by atoms with Gasteiger partial charge in [0.1, 0.15) is 6.61 Å². The van der Waals surface area contributed by atoms with Crippen LogP contribution in [-0.2, 0) is 0 Å². The van der Waals surface area contributed by atoms with Gasteiger partial charge in [-0.25, -0.2) is 8.78 Å². The standard InChI is InChI=1S/C12H9BF5O.K/c14-11(15)7-19-10-6-5-8-3-1-2-4-9(8)12(10)13(16,17)18;/h1-6,11H,7H2;/q-1;+1. The summed E-state index contributed by atoms with van der Waals surface area (Å²) in [6.45, 7) is -6.41. The number of benzene rings is 2. The van der Waals surface area contributed by atoms with Crippen molar-refractivity contribution in [3.8, 4) is 5.75 Å². The van der Waals surface area contributed by atoms with Crippen LogP contribution >= 0.6 is 0 Å². The summed E-state index contributed by atoms with van der Waals surface area (Å²) in [5.74, 6) is -0.550. The fourth-order valence-electron chi connectivity index (χ4n) is 1.89. The van der Waals surface area contributed by atoms with Gasteiger partial charge in [-0.2, -0.15) is 0 Å². The molecule has 0 aliphatic rings. The van der Waals surface area contributed by atoms with E-state index in [-0.39, 0.29) is 56.8 Å². The number of hydrogen-bond acceptors (Lipinski definition) is 1. The molecule has 0 atom stereocenters. The normalized spacial score (nSPS) is 11.5. The second-order valence-corrected chi connectivity index (χ2v) is 3.98. The van der Waals surface area contributed by atoms with Gasteiger partial charge in [-0.05, 0) is 16.8 Å². The Bertz CT molecular complexity index is 588. The summed E-state index contributed by atoms with van der Waals surface area (Å²) in [5.41, 5.74) is -0.959. The number of fused-ring (bicyclic) bond motifs is 1. The second-order valence-electron chi connectivity index (χ2n) is 3.98. The maximum absolute atomic E-state index is 13.1. The molecule has 20 heavy (non-hydrogen) atoms. The van der Waals surface area contributed by atoms with Gasteiger partial charge in [-0.3, -0.25) is 0 Å². The molecule has 0 unspecified atom stereocenters. The van der Waals surface area contributed by atoms with Crippen molar-refractivity contribution in [2.45, 2.75) is 6.43 Å². The van der Waals surface area contributed by atoms with Crippen molar-refractivity contribution in [3.63, 3.8) is 0 Å². The Labute approximate surface area is 155 Å². The molecule has 2 rings (SSSR count). The monoisotopic (exact) mass is 314 g/mol. The van der Waals surface area contributed by atoms with E-state index >= 15 is 0 Å². The molecule has 0 aliphatic carbocycles. The van der Waals surface area contributed by atoms with E-state index in [0.717, 1.165) is 6.07 Å². The van der Waals surface area contributed by atoms with Gasteiger partial charge in [0.05, 0.1) is 5.75 Å². The van der Waals surface area contributed by atoms with E-state index in [1.165, 1.54) is 24.3 Å². The molecular formula is C12H9BF5KO. The Balaban J connectivity index is 0.00000200. The van der Waals surface area contributed by atoms with Gasteiger partial charge in [-0.15, -0.1) is 0 Å². The topological polar surface area (TPSA) is 9.23 Å². The average Bonchev–Trinajstić information content (AvgIpc) is 2.34. The van der Waals surface area contributed by atoms with Crippen LogP contribution in [0.15, 0.2) is 36.4 Å². The van der Waals surface area contributed by atoms with Crippen LogP contribution in [-0.4, -0.2) is 20.0 Å². The minimum Gasteiger partial charge on any atom is -0.491 e. The van der Waals surface area contributed by atoms with E-state index in [9.17, 15) is 21.7 Å². The quantitative estimate of drug-likeness (QED) is 0.591. The molecule has 0 aliphatic heterocycles. The molecule has 0 heterocycles. The summed E-state index contributed by atoms with van der Waals surface area (Å²) in [4.78, 5) is 0.